The predicted octanol–water partition coefficient (Wildman–Crippen LogP) is 2.03. The molecule has 30 heavy (non-hydrogen) atoms. The van der Waals surface area contributed by atoms with Crippen molar-refractivity contribution < 1.29 is 27.7 Å². The molecule has 4 aliphatic carbocycles. The van der Waals surface area contributed by atoms with Crippen LogP contribution in [0.2, 0.25) is 0 Å². The smallest absolute Gasteiger partial charge is 0.279 e. The molecule has 4 bridgehead atoms. The normalized spacial score (nSPS) is 31.3. The topological polar surface area (TPSA) is 62.6 Å². The van der Waals surface area contributed by atoms with Crippen LogP contribution in [0.25, 0.3) is 0 Å². The van der Waals surface area contributed by atoms with Crippen molar-refractivity contribution in [2.24, 2.45) is 17.8 Å². The monoisotopic (exact) mass is 424 g/mol. The lowest BCUT2D eigenvalue weighted by atomic mass is 9.53. The highest BCUT2D eigenvalue weighted by Crippen LogP contribution is 2.55. The van der Waals surface area contributed by atoms with Crippen LogP contribution in [0.1, 0.15) is 45.4 Å². The Labute approximate surface area is 174 Å². The number of carbonyl (C=O) groups is 2. The molecule has 4 fully saturated rings. The van der Waals surface area contributed by atoms with E-state index in [-0.39, 0.29) is 18.0 Å². The van der Waals surface area contributed by atoms with Crippen molar-refractivity contribution in [3.8, 4) is 0 Å². The maximum absolute atomic E-state index is 13.8. The Morgan fingerprint density at radius 3 is 2.20 bits per heavy atom. The first-order valence-electron chi connectivity index (χ1n) is 10.7. The number of anilines is 1. The van der Waals surface area contributed by atoms with Crippen molar-refractivity contribution in [3.63, 3.8) is 0 Å². The molecule has 164 valence electrons. The molecule has 8 heteroatoms. The number of quaternary nitrogens is 1. The number of likely N-dealkylation sites (N-methyl/N-ethyl adjacent to an activating group) is 1. The Morgan fingerprint density at radius 1 is 1.07 bits per heavy atom. The minimum absolute atomic E-state index is 0.0822. The second kappa shape index (κ2) is 7.87. The summed E-state index contributed by atoms with van der Waals surface area (Å²) in [7, 11) is 1.71. The van der Waals surface area contributed by atoms with Gasteiger partial charge in [0, 0.05) is 5.54 Å². The average molecular weight is 424 g/mol. The minimum Gasteiger partial charge on any atom is -0.345 e. The van der Waals surface area contributed by atoms with Crippen LogP contribution in [0.4, 0.5) is 18.9 Å². The molecular weight excluding hydrogens is 395 g/mol. The quantitative estimate of drug-likeness (QED) is 0.612. The van der Waals surface area contributed by atoms with E-state index in [2.05, 4.69) is 10.6 Å². The number of nitrogens with one attached hydrogen (secondary N) is 3. The summed E-state index contributed by atoms with van der Waals surface area (Å²) >= 11 is 0. The lowest BCUT2D eigenvalue weighted by Crippen LogP contribution is -3.15. The SMILES string of the molecule is C[C@H](C(=O)NC12CC3CC(CC(C3)C1)C2)[NH+](C)CC(=O)Nc1ccc(F)c(F)c1F. The van der Waals surface area contributed by atoms with Crippen molar-refractivity contribution in [3.05, 3.63) is 29.6 Å². The summed E-state index contributed by atoms with van der Waals surface area (Å²) in [6.45, 7) is 1.66. The fraction of sp³-hybridized carbons (Fsp3) is 0.636. The van der Waals surface area contributed by atoms with E-state index < -0.39 is 35.1 Å². The van der Waals surface area contributed by atoms with Gasteiger partial charge in [0.1, 0.15) is 0 Å². The van der Waals surface area contributed by atoms with E-state index >= 15 is 0 Å². The van der Waals surface area contributed by atoms with Gasteiger partial charge in [0.05, 0.1) is 12.7 Å². The van der Waals surface area contributed by atoms with Crippen LogP contribution in [0.5, 0.6) is 0 Å². The first-order chi connectivity index (χ1) is 14.2. The summed E-state index contributed by atoms with van der Waals surface area (Å²) in [5.74, 6) is -2.89. The van der Waals surface area contributed by atoms with E-state index in [0.717, 1.165) is 31.4 Å². The molecular formula is C22H29F3N3O2+. The van der Waals surface area contributed by atoms with Gasteiger partial charge in [-0.15, -0.1) is 0 Å². The number of hydrogen-bond acceptors (Lipinski definition) is 2. The van der Waals surface area contributed by atoms with E-state index in [4.69, 9.17) is 0 Å². The molecule has 0 spiro atoms. The van der Waals surface area contributed by atoms with Crippen LogP contribution in [-0.2, 0) is 9.59 Å². The fourth-order valence-corrected chi connectivity index (χ4v) is 6.08. The van der Waals surface area contributed by atoms with Crippen LogP contribution in [0.3, 0.4) is 0 Å². The number of carbonyl (C=O) groups excluding carboxylic acids is 2. The third kappa shape index (κ3) is 4.06. The lowest BCUT2D eigenvalue weighted by molar-refractivity contribution is -0.885. The van der Waals surface area contributed by atoms with Gasteiger partial charge in [0.25, 0.3) is 11.8 Å². The molecule has 5 nitrogen and oxygen atoms in total. The van der Waals surface area contributed by atoms with E-state index in [1.807, 2.05) is 0 Å². The van der Waals surface area contributed by atoms with Crippen LogP contribution >= 0.6 is 0 Å². The molecule has 3 N–H and O–H groups in total. The number of hydrogen-bond donors (Lipinski definition) is 3. The summed E-state index contributed by atoms with van der Waals surface area (Å²) < 4.78 is 40.1. The molecule has 1 unspecified atom stereocenters. The van der Waals surface area contributed by atoms with Crippen LogP contribution in [-0.4, -0.2) is 37.0 Å². The maximum atomic E-state index is 13.8. The zero-order chi connectivity index (χ0) is 21.6. The largest absolute Gasteiger partial charge is 0.345 e. The Bertz CT molecular complexity index is 825. The summed E-state index contributed by atoms with van der Waals surface area (Å²) in [6, 6.07) is 1.26. The zero-order valence-electron chi connectivity index (χ0n) is 17.4. The molecule has 2 atom stereocenters. The number of rotatable bonds is 6. The highest BCUT2D eigenvalue weighted by molar-refractivity contribution is 5.91. The van der Waals surface area contributed by atoms with Crippen LogP contribution in [0.15, 0.2) is 12.1 Å². The molecule has 0 heterocycles. The van der Waals surface area contributed by atoms with Gasteiger partial charge in [-0.2, -0.15) is 0 Å². The molecule has 1 aromatic rings. The Kier molecular flexibility index (Phi) is 5.55. The summed E-state index contributed by atoms with van der Waals surface area (Å²) in [6.07, 6.45) is 7.01. The van der Waals surface area contributed by atoms with Gasteiger partial charge in [-0.3, -0.25) is 9.59 Å². The van der Waals surface area contributed by atoms with Gasteiger partial charge >= 0.3 is 0 Å². The summed E-state index contributed by atoms with van der Waals surface area (Å²) in [5, 5.41) is 5.56. The predicted molar refractivity (Wildman–Crippen MR) is 105 cm³/mol. The highest BCUT2D eigenvalue weighted by Gasteiger charge is 2.52. The molecule has 5 rings (SSSR count). The van der Waals surface area contributed by atoms with Crippen molar-refractivity contribution in [1.82, 2.24) is 5.32 Å². The number of benzene rings is 1. The van der Waals surface area contributed by atoms with Crippen molar-refractivity contribution in [2.45, 2.75) is 57.0 Å². The first kappa shape index (κ1) is 21.2. The molecule has 0 aromatic heterocycles. The molecule has 0 aliphatic heterocycles. The minimum atomic E-state index is -1.63. The summed E-state index contributed by atoms with van der Waals surface area (Å²) in [4.78, 5) is 25.8. The number of halogens is 3. The molecule has 0 saturated heterocycles. The second-order valence-corrected chi connectivity index (χ2v) is 9.70. The van der Waals surface area contributed by atoms with Gasteiger partial charge in [0.15, 0.2) is 30.0 Å². The van der Waals surface area contributed by atoms with Gasteiger partial charge in [-0.05, 0) is 75.3 Å². The maximum Gasteiger partial charge on any atom is 0.279 e. The van der Waals surface area contributed by atoms with Crippen LogP contribution in [0, 0.1) is 35.2 Å². The highest BCUT2D eigenvalue weighted by atomic mass is 19.2. The van der Waals surface area contributed by atoms with Crippen LogP contribution < -0.4 is 15.5 Å². The second-order valence-electron chi connectivity index (χ2n) is 9.70. The summed E-state index contributed by atoms with van der Waals surface area (Å²) in [5.41, 5.74) is -0.519. The molecule has 1 aromatic carbocycles. The third-order valence-electron chi connectivity index (χ3n) is 7.31. The zero-order valence-corrected chi connectivity index (χ0v) is 17.4. The van der Waals surface area contributed by atoms with Gasteiger partial charge in [-0.25, -0.2) is 13.2 Å². The van der Waals surface area contributed by atoms with Gasteiger partial charge in [-0.1, -0.05) is 0 Å². The van der Waals surface area contributed by atoms with Crippen molar-refractivity contribution in [1.29, 1.82) is 0 Å². The molecule has 0 radical (unpaired) electrons. The standard InChI is InChI=1S/C22H28F3N3O2/c1-12(21(30)27-22-8-13-5-14(9-22)7-15(6-13)10-22)28(2)11-18(29)26-17-4-3-16(23)19(24)20(17)25/h3-4,12-15H,5-11H2,1-2H3,(H,26,29)(H,27,30)/p+1/t12-,13?,14?,15?,22?/m1/s1. The van der Waals surface area contributed by atoms with E-state index in [1.54, 1.807) is 14.0 Å². The van der Waals surface area contributed by atoms with Gasteiger partial charge < -0.3 is 15.5 Å². The number of amides is 2. The Balaban J connectivity index is 1.33. The van der Waals surface area contributed by atoms with E-state index in [1.165, 1.54) is 19.3 Å². The van der Waals surface area contributed by atoms with Crippen molar-refractivity contribution in [2.75, 3.05) is 18.9 Å². The van der Waals surface area contributed by atoms with Gasteiger partial charge in [0.2, 0.25) is 0 Å². The molecule has 2 amide bonds. The Hall–Kier alpha value is -2.09. The first-order valence-corrected chi connectivity index (χ1v) is 10.7. The third-order valence-corrected chi connectivity index (χ3v) is 7.31. The Morgan fingerprint density at radius 2 is 1.63 bits per heavy atom. The van der Waals surface area contributed by atoms with E-state index in [9.17, 15) is 22.8 Å². The molecule has 4 saturated carbocycles. The van der Waals surface area contributed by atoms with E-state index in [0.29, 0.717) is 22.7 Å². The lowest BCUT2D eigenvalue weighted by Gasteiger charge is -2.57. The van der Waals surface area contributed by atoms with Crippen molar-refractivity contribution >= 4 is 17.5 Å². The fourth-order valence-electron chi connectivity index (χ4n) is 6.08. The average Bonchev–Trinajstić information content (AvgIpc) is 2.66. The molecule has 4 aliphatic rings.